The molecular formula is C14H19NO2. The van der Waals surface area contributed by atoms with Gasteiger partial charge in [-0.1, -0.05) is 24.3 Å². The third-order valence-electron chi connectivity index (χ3n) is 3.40. The average Bonchev–Trinajstić information content (AvgIpc) is 2.27. The van der Waals surface area contributed by atoms with Gasteiger partial charge in [-0.15, -0.1) is 0 Å². The number of benzene rings is 1. The Kier molecular flexibility index (Phi) is 3.48. The van der Waals surface area contributed by atoms with E-state index in [1.54, 1.807) is 4.90 Å². The molecule has 1 atom stereocenters. The minimum Gasteiger partial charge on any atom is -0.395 e. The molecule has 1 amide bonds. The van der Waals surface area contributed by atoms with Crippen molar-refractivity contribution in [1.29, 1.82) is 0 Å². The summed E-state index contributed by atoms with van der Waals surface area (Å²) in [5.74, 6) is 0.146. The first-order valence-electron chi connectivity index (χ1n) is 6.14. The van der Waals surface area contributed by atoms with Gasteiger partial charge in [-0.2, -0.15) is 0 Å². The number of aliphatic hydroxyl groups is 1. The Bertz CT molecular complexity index is 414. The fraction of sp³-hybridized carbons (Fsp3) is 0.500. The summed E-state index contributed by atoms with van der Waals surface area (Å²) in [4.78, 5) is 14.1. The van der Waals surface area contributed by atoms with Crippen LogP contribution in [-0.2, 0) is 11.2 Å². The number of carbonyl (C=O) groups excluding carboxylic acids is 1. The molecule has 17 heavy (non-hydrogen) atoms. The van der Waals surface area contributed by atoms with Gasteiger partial charge in [-0.3, -0.25) is 4.79 Å². The molecule has 0 aromatic heterocycles. The summed E-state index contributed by atoms with van der Waals surface area (Å²) in [6, 6.07) is 8.23. The van der Waals surface area contributed by atoms with Crippen molar-refractivity contribution in [1.82, 2.24) is 4.90 Å². The number of amides is 1. The van der Waals surface area contributed by atoms with Crippen molar-refractivity contribution in [3.8, 4) is 0 Å². The average molecular weight is 233 g/mol. The molecule has 0 saturated carbocycles. The van der Waals surface area contributed by atoms with E-state index in [-0.39, 0.29) is 24.5 Å². The molecule has 1 aromatic carbocycles. The van der Waals surface area contributed by atoms with Crippen molar-refractivity contribution in [2.75, 3.05) is 13.2 Å². The lowest BCUT2D eigenvalue weighted by molar-refractivity contribution is -0.135. The van der Waals surface area contributed by atoms with Gasteiger partial charge < -0.3 is 10.0 Å². The van der Waals surface area contributed by atoms with Crippen molar-refractivity contribution in [2.24, 2.45) is 0 Å². The third-order valence-corrected chi connectivity index (χ3v) is 3.40. The maximum Gasteiger partial charge on any atom is 0.230 e. The third kappa shape index (κ3) is 2.20. The van der Waals surface area contributed by atoms with Crippen LogP contribution >= 0.6 is 0 Å². The molecule has 1 unspecified atom stereocenters. The molecule has 92 valence electrons. The lowest BCUT2D eigenvalue weighted by Crippen LogP contribution is -2.44. The summed E-state index contributed by atoms with van der Waals surface area (Å²) in [5.41, 5.74) is 2.43. The lowest BCUT2D eigenvalue weighted by Gasteiger charge is -2.35. The molecular weight excluding hydrogens is 214 g/mol. The first-order chi connectivity index (χ1) is 8.15. The van der Waals surface area contributed by atoms with Crippen molar-refractivity contribution in [3.63, 3.8) is 0 Å². The van der Waals surface area contributed by atoms with Crippen LogP contribution in [0.4, 0.5) is 0 Å². The maximum absolute atomic E-state index is 12.3. The van der Waals surface area contributed by atoms with Crippen LogP contribution in [0.1, 0.15) is 30.9 Å². The van der Waals surface area contributed by atoms with E-state index >= 15 is 0 Å². The normalized spacial score (nSPS) is 17.5. The van der Waals surface area contributed by atoms with Crippen LogP contribution in [0.15, 0.2) is 24.3 Å². The van der Waals surface area contributed by atoms with Gasteiger partial charge in [0.25, 0.3) is 0 Å². The number of hydrogen-bond acceptors (Lipinski definition) is 2. The minimum absolute atomic E-state index is 0.000139. The lowest BCUT2D eigenvalue weighted by atomic mass is 9.76. The molecule has 1 aromatic rings. The van der Waals surface area contributed by atoms with Gasteiger partial charge in [-0.05, 0) is 31.4 Å². The van der Waals surface area contributed by atoms with Crippen molar-refractivity contribution in [2.45, 2.75) is 32.2 Å². The van der Waals surface area contributed by atoms with Gasteiger partial charge in [0, 0.05) is 12.6 Å². The van der Waals surface area contributed by atoms with Crippen molar-refractivity contribution < 1.29 is 9.90 Å². The van der Waals surface area contributed by atoms with Crippen LogP contribution in [-0.4, -0.2) is 35.1 Å². The Morgan fingerprint density at radius 2 is 2.18 bits per heavy atom. The fourth-order valence-corrected chi connectivity index (χ4v) is 2.41. The Morgan fingerprint density at radius 1 is 1.47 bits per heavy atom. The monoisotopic (exact) mass is 233 g/mol. The van der Waals surface area contributed by atoms with E-state index in [2.05, 4.69) is 6.07 Å². The zero-order valence-corrected chi connectivity index (χ0v) is 10.4. The van der Waals surface area contributed by atoms with Crippen LogP contribution in [0, 0.1) is 0 Å². The predicted octanol–water partition coefficient (Wildman–Crippen LogP) is 1.56. The summed E-state index contributed by atoms with van der Waals surface area (Å²) < 4.78 is 0. The largest absolute Gasteiger partial charge is 0.395 e. The standard InChI is InChI=1S/C14H19NO2/c1-10(2)15(7-8-16)14(17)13-9-11-5-3-4-6-12(11)13/h3-6,10,13,16H,7-9H2,1-2H3. The fourth-order valence-electron chi connectivity index (χ4n) is 2.41. The molecule has 0 saturated heterocycles. The van der Waals surface area contributed by atoms with E-state index in [9.17, 15) is 4.79 Å². The number of hydrogen-bond donors (Lipinski definition) is 1. The van der Waals surface area contributed by atoms with E-state index in [1.165, 1.54) is 5.56 Å². The molecule has 1 aliphatic carbocycles. The highest BCUT2D eigenvalue weighted by atomic mass is 16.3. The van der Waals surface area contributed by atoms with Gasteiger partial charge in [0.15, 0.2) is 0 Å². The number of rotatable bonds is 4. The second-order valence-corrected chi connectivity index (χ2v) is 4.80. The van der Waals surface area contributed by atoms with Gasteiger partial charge in [0.2, 0.25) is 5.91 Å². The number of aliphatic hydroxyl groups excluding tert-OH is 1. The summed E-state index contributed by atoms with van der Waals surface area (Å²) in [6.45, 7) is 4.42. The first kappa shape index (κ1) is 12.1. The summed E-state index contributed by atoms with van der Waals surface area (Å²) in [6.07, 6.45) is 0.837. The highest BCUT2D eigenvalue weighted by Crippen LogP contribution is 2.36. The van der Waals surface area contributed by atoms with E-state index in [4.69, 9.17) is 5.11 Å². The van der Waals surface area contributed by atoms with E-state index in [0.29, 0.717) is 6.54 Å². The zero-order chi connectivity index (χ0) is 12.4. The van der Waals surface area contributed by atoms with Crippen LogP contribution in [0.3, 0.4) is 0 Å². The Morgan fingerprint density at radius 3 is 2.76 bits per heavy atom. The van der Waals surface area contributed by atoms with Crippen LogP contribution in [0.5, 0.6) is 0 Å². The smallest absolute Gasteiger partial charge is 0.230 e. The SMILES string of the molecule is CC(C)N(CCO)C(=O)C1Cc2ccccc21. The van der Waals surface area contributed by atoms with Gasteiger partial charge >= 0.3 is 0 Å². The first-order valence-corrected chi connectivity index (χ1v) is 6.14. The van der Waals surface area contributed by atoms with E-state index < -0.39 is 0 Å². The number of nitrogens with zero attached hydrogens (tertiary/aromatic N) is 1. The predicted molar refractivity (Wildman–Crippen MR) is 66.8 cm³/mol. The van der Waals surface area contributed by atoms with E-state index in [1.807, 2.05) is 32.0 Å². The summed E-state index contributed by atoms with van der Waals surface area (Å²) in [5, 5.41) is 9.01. The van der Waals surface area contributed by atoms with Gasteiger partial charge in [0.05, 0.1) is 12.5 Å². The van der Waals surface area contributed by atoms with Crippen molar-refractivity contribution >= 4 is 5.91 Å². The minimum atomic E-state index is 0.000139. The molecule has 2 rings (SSSR count). The van der Waals surface area contributed by atoms with Crippen LogP contribution < -0.4 is 0 Å². The highest BCUT2D eigenvalue weighted by Gasteiger charge is 2.35. The second-order valence-electron chi connectivity index (χ2n) is 4.80. The molecule has 0 bridgehead atoms. The van der Waals surface area contributed by atoms with E-state index in [0.717, 1.165) is 12.0 Å². The van der Waals surface area contributed by atoms with Crippen molar-refractivity contribution in [3.05, 3.63) is 35.4 Å². The number of carbonyl (C=O) groups is 1. The molecule has 0 spiro atoms. The second kappa shape index (κ2) is 4.88. The molecule has 1 N–H and O–H groups in total. The Balaban J connectivity index is 2.12. The van der Waals surface area contributed by atoms with Gasteiger partial charge in [0.1, 0.15) is 0 Å². The maximum atomic E-state index is 12.3. The molecule has 3 nitrogen and oxygen atoms in total. The van der Waals surface area contributed by atoms with Crippen LogP contribution in [0.25, 0.3) is 0 Å². The molecule has 1 aliphatic rings. The molecule has 0 aliphatic heterocycles. The molecule has 0 radical (unpaired) electrons. The van der Waals surface area contributed by atoms with Crippen LogP contribution in [0.2, 0.25) is 0 Å². The topological polar surface area (TPSA) is 40.5 Å². The number of fused-ring (bicyclic) bond motifs is 1. The Hall–Kier alpha value is -1.35. The molecule has 0 fully saturated rings. The van der Waals surface area contributed by atoms with Gasteiger partial charge in [-0.25, -0.2) is 0 Å². The quantitative estimate of drug-likeness (QED) is 0.857. The summed E-state index contributed by atoms with van der Waals surface area (Å²) >= 11 is 0. The molecule has 3 heteroatoms. The molecule has 0 heterocycles. The summed E-state index contributed by atoms with van der Waals surface area (Å²) in [7, 11) is 0. The zero-order valence-electron chi connectivity index (χ0n) is 10.4. The Labute approximate surface area is 102 Å². The highest BCUT2D eigenvalue weighted by molar-refractivity contribution is 5.87.